The van der Waals surface area contributed by atoms with Crippen LogP contribution in [-0.2, 0) is 19.1 Å². The molecule has 0 N–H and O–H groups in total. The zero-order valence-electron chi connectivity index (χ0n) is 12.4. The summed E-state index contributed by atoms with van der Waals surface area (Å²) in [6.45, 7) is 9.41. The van der Waals surface area contributed by atoms with E-state index in [1.807, 2.05) is 25.7 Å². The van der Waals surface area contributed by atoms with Gasteiger partial charge in [0, 0.05) is 6.54 Å². The Morgan fingerprint density at radius 2 is 2.00 bits per heavy atom. The first-order chi connectivity index (χ1) is 8.81. The van der Waals surface area contributed by atoms with Crippen molar-refractivity contribution in [2.75, 3.05) is 26.2 Å². The van der Waals surface area contributed by atoms with Gasteiger partial charge in [-0.2, -0.15) is 0 Å². The number of piperidine rings is 1. The van der Waals surface area contributed by atoms with Gasteiger partial charge in [0.25, 0.3) is 0 Å². The van der Waals surface area contributed by atoms with Gasteiger partial charge in [-0.25, -0.2) is 0 Å². The fraction of sp³-hybridized carbons (Fsp3) is 0.857. The van der Waals surface area contributed by atoms with Gasteiger partial charge in [0.1, 0.15) is 5.60 Å². The van der Waals surface area contributed by atoms with E-state index < -0.39 is 5.60 Å². The minimum absolute atomic E-state index is 0.115. The molecule has 0 spiro atoms. The molecule has 0 aliphatic carbocycles. The molecule has 19 heavy (non-hydrogen) atoms. The number of carbonyl (C=O) groups excluding carboxylic acids is 2. The van der Waals surface area contributed by atoms with E-state index in [1.54, 1.807) is 6.92 Å². The standard InChI is InChI=1S/C14H25NO4/c1-5-18-13(17)11-7-6-8-15(9-11)10-12(16)19-14(2,3)4/h11H,5-10H2,1-4H3/t11-/m0/s1. The first-order valence-corrected chi connectivity index (χ1v) is 6.92. The van der Waals surface area contributed by atoms with Crippen molar-refractivity contribution in [3.8, 4) is 0 Å². The lowest BCUT2D eigenvalue weighted by Crippen LogP contribution is -2.43. The van der Waals surface area contributed by atoms with Crippen molar-refractivity contribution in [1.29, 1.82) is 0 Å². The third-order valence-corrected chi connectivity index (χ3v) is 2.90. The van der Waals surface area contributed by atoms with Gasteiger partial charge < -0.3 is 9.47 Å². The monoisotopic (exact) mass is 271 g/mol. The molecule has 0 aromatic rings. The van der Waals surface area contributed by atoms with Gasteiger partial charge in [0.15, 0.2) is 0 Å². The first-order valence-electron chi connectivity index (χ1n) is 6.92. The van der Waals surface area contributed by atoms with Gasteiger partial charge in [-0.05, 0) is 47.1 Å². The van der Waals surface area contributed by atoms with Gasteiger partial charge in [-0.3, -0.25) is 14.5 Å². The topological polar surface area (TPSA) is 55.8 Å². The highest BCUT2D eigenvalue weighted by molar-refractivity contribution is 5.74. The normalized spacial score (nSPS) is 20.9. The molecule has 0 aromatic carbocycles. The van der Waals surface area contributed by atoms with Crippen LogP contribution in [0.15, 0.2) is 0 Å². The van der Waals surface area contributed by atoms with Crippen molar-refractivity contribution in [3.63, 3.8) is 0 Å². The molecule has 1 atom stereocenters. The third-order valence-electron chi connectivity index (χ3n) is 2.90. The van der Waals surface area contributed by atoms with E-state index in [0.29, 0.717) is 13.2 Å². The quantitative estimate of drug-likeness (QED) is 0.727. The molecule has 110 valence electrons. The highest BCUT2D eigenvalue weighted by atomic mass is 16.6. The van der Waals surface area contributed by atoms with Crippen LogP contribution >= 0.6 is 0 Å². The van der Waals surface area contributed by atoms with E-state index in [9.17, 15) is 9.59 Å². The van der Waals surface area contributed by atoms with Crippen LogP contribution in [0.4, 0.5) is 0 Å². The summed E-state index contributed by atoms with van der Waals surface area (Å²) in [7, 11) is 0. The molecular formula is C14H25NO4. The maximum Gasteiger partial charge on any atom is 0.320 e. The van der Waals surface area contributed by atoms with Gasteiger partial charge in [-0.15, -0.1) is 0 Å². The second-order valence-electron chi connectivity index (χ2n) is 5.91. The Hall–Kier alpha value is -1.10. The van der Waals surface area contributed by atoms with E-state index in [0.717, 1.165) is 19.4 Å². The number of likely N-dealkylation sites (tertiary alicyclic amines) is 1. The van der Waals surface area contributed by atoms with Crippen molar-refractivity contribution in [2.24, 2.45) is 5.92 Å². The van der Waals surface area contributed by atoms with Crippen LogP contribution in [0.5, 0.6) is 0 Å². The zero-order chi connectivity index (χ0) is 14.5. The highest BCUT2D eigenvalue weighted by Crippen LogP contribution is 2.18. The summed E-state index contributed by atoms with van der Waals surface area (Å²) in [5.74, 6) is -0.510. The van der Waals surface area contributed by atoms with Crippen LogP contribution in [0.1, 0.15) is 40.5 Å². The van der Waals surface area contributed by atoms with E-state index >= 15 is 0 Å². The predicted molar refractivity (Wildman–Crippen MR) is 71.6 cm³/mol. The second-order valence-corrected chi connectivity index (χ2v) is 5.91. The number of rotatable bonds is 4. The summed E-state index contributed by atoms with van der Waals surface area (Å²) in [5, 5.41) is 0. The molecule has 0 amide bonds. The number of hydrogen-bond acceptors (Lipinski definition) is 5. The van der Waals surface area contributed by atoms with Crippen LogP contribution in [-0.4, -0.2) is 48.7 Å². The molecule has 0 aromatic heterocycles. The summed E-state index contributed by atoms with van der Waals surface area (Å²) < 4.78 is 10.3. The minimum Gasteiger partial charge on any atom is -0.466 e. The molecule has 0 saturated carbocycles. The predicted octanol–water partition coefficient (Wildman–Crippen LogP) is 1.60. The smallest absolute Gasteiger partial charge is 0.320 e. The molecule has 5 heteroatoms. The molecule has 1 fully saturated rings. The van der Waals surface area contributed by atoms with E-state index in [2.05, 4.69) is 0 Å². The molecule has 1 saturated heterocycles. The van der Waals surface area contributed by atoms with Crippen molar-refractivity contribution < 1.29 is 19.1 Å². The highest BCUT2D eigenvalue weighted by Gasteiger charge is 2.28. The molecule has 0 bridgehead atoms. The van der Waals surface area contributed by atoms with Crippen molar-refractivity contribution in [1.82, 2.24) is 4.90 Å². The number of nitrogens with zero attached hydrogens (tertiary/aromatic N) is 1. The van der Waals surface area contributed by atoms with Gasteiger partial charge in [0.05, 0.1) is 19.1 Å². The maximum atomic E-state index is 11.7. The molecule has 1 aliphatic rings. The summed E-state index contributed by atoms with van der Waals surface area (Å²) in [6.07, 6.45) is 1.75. The summed E-state index contributed by atoms with van der Waals surface area (Å²) in [5.41, 5.74) is -0.465. The zero-order valence-corrected chi connectivity index (χ0v) is 12.4. The molecule has 1 rings (SSSR count). The van der Waals surface area contributed by atoms with Crippen molar-refractivity contribution in [3.05, 3.63) is 0 Å². The number of ether oxygens (including phenoxy) is 2. The number of carbonyl (C=O) groups is 2. The Labute approximate surface area is 115 Å². The molecule has 1 heterocycles. The van der Waals surface area contributed by atoms with Crippen LogP contribution in [0.25, 0.3) is 0 Å². The Bertz CT molecular complexity index is 322. The third kappa shape index (κ3) is 6.05. The molecular weight excluding hydrogens is 246 g/mol. The molecule has 5 nitrogen and oxygen atoms in total. The van der Waals surface area contributed by atoms with Gasteiger partial charge in [-0.1, -0.05) is 0 Å². The van der Waals surface area contributed by atoms with Crippen LogP contribution in [0.3, 0.4) is 0 Å². The average Bonchev–Trinajstić information content (AvgIpc) is 2.27. The van der Waals surface area contributed by atoms with E-state index in [4.69, 9.17) is 9.47 Å². The van der Waals surface area contributed by atoms with E-state index in [1.165, 1.54) is 0 Å². The number of esters is 2. The van der Waals surface area contributed by atoms with Crippen molar-refractivity contribution in [2.45, 2.75) is 46.1 Å². The fourth-order valence-corrected chi connectivity index (χ4v) is 2.21. The Balaban J connectivity index is 2.42. The summed E-state index contributed by atoms with van der Waals surface area (Å²) in [4.78, 5) is 25.4. The largest absolute Gasteiger partial charge is 0.466 e. The second kappa shape index (κ2) is 6.89. The Morgan fingerprint density at radius 3 is 2.58 bits per heavy atom. The fourth-order valence-electron chi connectivity index (χ4n) is 2.21. The summed E-state index contributed by atoms with van der Waals surface area (Å²) >= 11 is 0. The van der Waals surface area contributed by atoms with Crippen LogP contribution < -0.4 is 0 Å². The van der Waals surface area contributed by atoms with Crippen molar-refractivity contribution >= 4 is 11.9 Å². The Kier molecular flexibility index (Phi) is 5.79. The molecule has 0 radical (unpaired) electrons. The van der Waals surface area contributed by atoms with E-state index in [-0.39, 0.29) is 24.4 Å². The average molecular weight is 271 g/mol. The lowest BCUT2D eigenvalue weighted by Gasteiger charge is -2.31. The first kappa shape index (κ1) is 16.0. The van der Waals surface area contributed by atoms with Gasteiger partial charge >= 0.3 is 11.9 Å². The lowest BCUT2D eigenvalue weighted by molar-refractivity contribution is -0.158. The maximum absolute atomic E-state index is 11.7. The van der Waals surface area contributed by atoms with Crippen LogP contribution in [0.2, 0.25) is 0 Å². The summed E-state index contributed by atoms with van der Waals surface area (Å²) in [6, 6.07) is 0. The lowest BCUT2D eigenvalue weighted by atomic mass is 9.98. The van der Waals surface area contributed by atoms with Gasteiger partial charge in [0.2, 0.25) is 0 Å². The SMILES string of the molecule is CCOC(=O)[C@H]1CCCN(CC(=O)OC(C)(C)C)C1. The molecule has 1 aliphatic heterocycles. The van der Waals surface area contributed by atoms with Crippen LogP contribution in [0, 0.1) is 5.92 Å². The number of hydrogen-bond donors (Lipinski definition) is 0. The molecule has 0 unspecified atom stereocenters. The minimum atomic E-state index is -0.465. The Morgan fingerprint density at radius 1 is 1.32 bits per heavy atom.